The van der Waals surface area contributed by atoms with Gasteiger partial charge in [0.25, 0.3) is 5.91 Å². The normalized spacial score (nSPS) is 16.3. The van der Waals surface area contributed by atoms with E-state index in [1.165, 1.54) is 11.0 Å². The molecule has 1 heterocycles. The molecule has 0 aromatic heterocycles. The predicted molar refractivity (Wildman–Crippen MR) is 139 cm³/mol. The predicted octanol–water partition coefficient (Wildman–Crippen LogP) is 0.899. The molecule has 12 heteroatoms. The van der Waals surface area contributed by atoms with Crippen LogP contribution in [-0.2, 0) is 14.4 Å². The molecule has 0 unspecified atom stereocenters. The average Bonchev–Trinajstić information content (AvgIpc) is 3.38. The maximum absolute atomic E-state index is 13.5. The highest BCUT2D eigenvalue weighted by molar-refractivity contribution is 5.99. The van der Waals surface area contributed by atoms with Crippen LogP contribution in [-0.4, -0.2) is 72.3 Å². The number of carbonyl (C=O) groups is 4. The van der Waals surface area contributed by atoms with Gasteiger partial charge in [0.2, 0.25) is 11.8 Å². The van der Waals surface area contributed by atoms with Gasteiger partial charge in [-0.1, -0.05) is 19.9 Å². The zero-order valence-electron chi connectivity index (χ0n) is 22.0. The Balaban J connectivity index is 2.12. The summed E-state index contributed by atoms with van der Waals surface area (Å²) in [6.45, 7) is 4.63. The lowest BCUT2D eigenvalue weighted by Gasteiger charge is -2.31. The molecule has 11 nitrogen and oxygen atoms in total. The third kappa shape index (κ3) is 7.99. The van der Waals surface area contributed by atoms with Gasteiger partial charge in [0.1, 0.15) is 18.8 Å². The second-order valence-electron chi connectivity index (χ2n) is 9.67. The topological polar surface area (TPSA) is 181 Å². The van der Waals surface area contributed by atoms with Crippen molar-refractivity contribution in [3.63, 3.8) is 0 Å². The van der Waals surface area contributed by atoms with Gasteiger partial charge in [-0.15, -0.1) is 0 Å². The van der Waals surface area contributed by atoms with Crippen LogP contribution in [0.25, 0.3) is 0 Å². The number of likely N-dealkylation sites (tertiary alicyclic amines) is 1. The van der Waals surface area contributed by atoms with E-state index < -0.39 is 48.3 Å². The number of aryl methyl sites for hydroxylation is 1. The number of rotatable bonds is 12. The number of nitrogens with zero attached hydrogens (tertiary/aromatic N) is 2. The maximum Gasteiger partial charge on any atom is 0.251 e. The minimum atomic E-state index is -1.24. The fourth-order valence-corrected chi connectivity index (χ4v) is 4.31. The number of nitrogens with two attached hydrogens (primary N) is 1. The summed E-state index contributed by atoms with van der Waals surface area (Å²) in [4.78, 5) is 53.0. The van der Waals surface area contributed by atoms with Crippen molar-refractivity contribution >= 4 is 29.5 Å². The van der Waals surface area contributed by atoms with Crippen LogP contribution < -0.4 is 21.7 Å². The second kappa shape index (κ2) is 14.1. The Morgan fingerprint density at radius 1 is 1.26 bits per heavy atom. The number of Topliss-reactive ketones (excluding diaryl/α,β-unsaturated/α-hetero) is 1. The molecule has 0 spiro atoms. The molecule has 0 aliphatic carbocycles. The Labute approximate surface area is 221 Å². The van der Waals surface area contributed by atoms with Crippen molar-refractivity contribution in [2.24, 2.45) is 11.7 Å². The van der Waals surface area contributed by atoms with Crippen molar-refractivity contribution in [2.75, 3.05) is 19.8 Å². The molecule has 3 atom stereocenters. The van der Waals surface area contributed by atoms with Gasteiger partial charge < -0.3 is 26.6 Å². The van der Waals surface area contributed by atoms with Gasteiger partial charge in [0, 0.05) is 18.7 Å². The van der Waals surface area contributed by atoms with Crippen molar-refractivity contribution < 1.29 is 23.6 Å². The van der Waals surface area contributed by atoms with Gasteiger partial charge in [-0.05, 0) is 56.2 Å². The maximum atomic E-state index is 13.5. The van der Waals surface area contributed by atoms with Crippen LogP contribution in [0, 0.1) is 29.6 Å². The third-order valence-electron chi connectivity index (χ3n) is 6.50. The van der Waals surface area contributed by atoms with Crippen molar-refractivity contribution in [2.45, 2.75) is 64.6 Å². The smallest absolute Gasteiger partial charge is 0.251 e. The number of benzene rings is 1. The number of alkyl halides is 1. The van der Waals surface area contributed by atoms with Crippen LogP contribution >= 0.6 is 0 Å². The first-order valence-corrected chi connectivity index (χ1v) is 12.6. The van der Waals surface area contributed by atoms with E-state index in [0.717, 1.165) is 5.56 Å². The zero-order valence-corrected chi connectivity index (χ0v) is 22.0. The van der Waals surface area contributed by atoms with E-state index in [1.54, 1.807) is 32.9 Å². The van der Waals surface area contributed by atoms with Crippen LogP contribution in [0.1, 0.15) is 61.0 Å². The Kier molecular flexibility index (Phi) is 11.2. The van der Waals surface area contributed by atoms with Crippen LogP contribution in [0.15, 0.2) is 18.2 Å². The molecular formula is C26H36FN7O4. The number of ketones is 1. The lowest BCUT2D eigenvalue weighted by Crippen LogP contribution is -2.56. The first-order chi connectivity index (χ1) is 18.0. The number of nitrogens with one attached hydrogen (secondary N) is 4. The molecule has 1 saturated heterocycles. The van der Waals surface area contributed by atoms with E-state index in [9.17, 15) is 28.8 Å². The molecule has 0 saturated carbocycles. The first kappa shape index (κ1) is 30.2. The minimum absolute atomic E-state index is 0.140. The zero-order chi connectivity index (χ0) is 28.4. The van der Waals surface area contributed by atoms with Crippen molar-refractivity contribution in [3.8, 4) is 6.07 Å². The molecule has 38 heavy (non-hydrogen) atoms. The fraction of sp³-hybridized carbons (Fsp3) is 0.538. The molecule has 2 rings (SSSR count). The van der Waals surface area contributed by atoms with E-state index in [0.29, 0.717) is 31.4 Å². The second-order valence-corrected chi connectivity index (χ2v) is 9.67. The highest BCUT2D eigenvalue weighted by Gasteiger charge is 2.39. The summed E-state index contributed by atoms with van der Waals surface area (Å²) in [6, 6.07) is 3.87. The molecular weight excluding hydrogens is 493 g/mol. The summed E-state index contributed by atoms with van der Waals surface area (Å²) in [5.41, 5.74) is 6.56. The van der Waals surface area contributed by atoms with E-state index in [4.69, 9.17) is 11.1 Å². The third-order valence-corrected chi connectivity index (χ3v) is 6.50. The van der Waals surface area contributed by atoms with Crippen LogP contribution in [0.2, 0.25) is 0 Å². The van der Waals surface area contributed by atoms with E-state index in [-0.39, 0.29) is 30.4 Å². The van der Waals surface area contributed by atoms with Gasteiger partial charge in [0.05, 0.1) is 17.7 Å². The Hall–Kier alpha value is -4.01. The summed E-state index contributed by atoms with van der Waals surface area (Å²) in [5.74, 6) is -2.82. The van der Waals surface area contributed by atoms with Gasteiger partial charge >= 0.3 is 0 Å². The number of hydrogen-bond acceptors (Lipinski definition) is 6. The quantitative estimate of drug-likeness (QED) is 0.151. The molecule has 1 aliphatic rings. The number of amides is 3. The summed E-state index contributed by atoms with van der Waals surface area (Å²) in [5, 5.41) is 24.3. The average molecular weight is 530 g/mol. The molecule has 1 aromatic rings. The SMILES string of the molecule is Cc1ccc(C(=O)N[C@H](C(=O)N2CCC[C@H]2C(=O)N[C@@H](CCCNC(=N)N)C(=O)CF)C(C)C)cc1C#N. The lowest BCUT2D eigenvalue weighted by molar-refractivity contribution is -0.141. The monoisotopic (exact) mass is 529 g/mol. The summed E-state index contributed by atoms with van der Waals surface area (Å²) >= 11 is 0. The lowest BCUT2D eigenvalue weighted by atomic mass is 10.0. The molecule has 1 fully saturated rings. The van der Waals surface area contributed by atoms with E-state index in [2.05, 4.69) is 16.0 Å². The van der Waals surface area contributed by atoms with Crippen molar-refractivity contribution in [3.05, 3.63) is 34.9 Å². The largest absolute Gasteiger partial charge is 0.370 e. The van der Waals surface area contributed by atoms with Crippen LogP contribution in [0.5, 0.6) is 0 Å². The molecule has 206 valence electrons. The summed E-state index contributed by atoms with van der Waals surface area (Å²) in [6.07, 6.45) is 1.41. The highest BCUT2D eigenvalue weighted by Crippen LogP contribution is 2.21. The Bertz CT molecular complexity index is 1100. The number of hydrogen-bond donors (Lipinski definition) is 5. The molecule has 1 aliphatic heterocycles. The van der Waals surface area contributed by atoms with Gasteiger partial charge in [-0.2, -0.15) is 5.26 Å². The van der Waals surface area contributed by atoms with Crippen molar-refractivity contribution in [1.29, 1.82) is 10.7 Å². The molecule has 3 amide bonds. The molecule has 6 N–H and O–H groups in total. The van der Waals surface area contributed by atoms with E-state index >= 15 is 0 Å². The van der Waals surface area contributed by atoms with Crippen LogP contribution in [0.4, 0.5) is 4.39 Å². The summed E-state index contributed by atoms with van der Waals surface area (Å²) < 4.78 is 13.1. The Morgan fingerprint density at radius 2 is 1.97 bits per heavy atom. The first-order valence-electron chi connectivity index (χ1n) is 12.6. The Morgan fingerprint density at radius 3 is 2.58 bits per heavy atom. The molecule has 0 bridgehead atoms. The van der Waals surface area contributed by atoms with E-state index in [1.807, 2.05) is 6.07 Å². The standard InChI is InChI=1S/C26H36FN7O4/c1-15(2)22(33-23(36)17-9-8-16(3)18(12-17)14-28)25(38)34-11-5-7-20(34)24(37)32-19(21(35)13-27)6-4-10-31-26(29)30/h8-9,12,15,19-20,22H,4-7,10-11,13H2,1-3H3,(H,32,37)(H,33,36)(H4,29,30,31)/t19-,20-,22-/m0/s1. The fourth-order valence-electron chi connectivity index (χ4n) is 4.31. The number of guanidine groups is 1. The minimum Gasteiger partial charge on any atom is -0.370 e. The van der Waals surface area contributed by atoms with Gasteiger partial charge in [-0.25, -0.2) is 4.39 Å². The van der Waals surface area contributed by atoms with Crippen LogP contribution in [0.3, 0.4) is 0 Å². The summed E-state index contributed by atoms with van der Waals surface area (Å²) in [7, 11) is 0. The number of carbonyl (C=O) groups excluding carboxylic acids is 4. The van der Waals surface area contributed by atoms with Crippen molar-refractivity contribution in [1.82, 2.24) is 20.9 Å². The number of halogens is 1. The van der Waals surface area contributed by atoms with Gasteiger partial charge in [-0.3, -0.25) is 24.6 Å². The number of nitriles is 1. The molecule has 1 aromatic carbocycles. The molecule has 0 radical (unpaired) electrons. The highest BCUT2D eigenvalue weighted by atomic mass is 19.1. The van der Waals surface area contributed by atoms with Gasteiger partial charge in [0.15, 0.2) is 11.7 Å².